The highest BCUT2D eigenvalue weighted by atomic mass is 32.2. The van der Waals surface area contributed by atoms with Crippen molar-refractivity contribution < 1.29 is 9.59 Å². The third-order valence-electron chi connectivity index (χ3n) is 7.04. The lowest BCUT2D eigenvalue weighted by Crippen LogP contribution is -2.32. The highest BCUT2D eigenvalue weighted by molar-refractivity contribution is 8.38. The molecule has 0 aromatic heterocycles. The zero-order valence-electron chi connectivity index (χ0n) is 17.0. The van der Waals surface area contributed by atoms with Gasteiger partial charge in [-0.2, -0.15) is 0 Å². The third-order valence-corrected chi connectivity index (χ3v) is 9.18. The van der Waals surface area contributed by atoms with E-state index in [4.69, 9.17) is 0 Å². The summed E-state index contributed by atoms with van der Waals surface area (Å²) in [5.41, 5.74) is 4.23. The summed E-state index contributed by atoms with van der Waals surface area (Å²) in [4.78, 5) is 25.3. The van der Waals surface area contributed by atoms with Crippen LogP contribution in [0.3, 0.4) is 0 Å². The van der Waals surface area contributed by atoms with Gasteiger partial charge in [0, 0.05) is 22.5 Å². The van der Waals surface area contributed by atoms with Crippen LogP contribution in [0.4, 0.5) is 4.79 Å². The van der Waals surface area contributed by atoms with Crippen LogP contribution in [0.5, 0.6) is 0 Å². The van der Waals surface area contributed by atoms with Crippen molar-refractivity contribution >= 4 is 33.8 Å². The van der Waals surface area contributed by atoms with Gasteiger partial charge in [-0.05, 0) is 50.7 Å². The molecule has 0 aromatic rings. The van der Waals surface area contributed by atoms with E-state index in [1.807, 2.05) is 6.26 Å². The maximum Gasteiger partial charge on any atom is 0.246 e. The second-order valence-electron chi connectivity index (χ2n) is 9.04. The first kappa shape index (κ1) is 20.3. The van der Waals surface area contributed by atoms with E-state index in [2.05, 4.69) is 40.7 Å². The number of carbonyl (C=O) groups is 2. The van der Waals surface area contributed by atoms with Gasteiger partial charge in [0.1, 0.15) is 5.78 Å². The van der Waals surface area contributed by atoms with Gasteiger partial charge < -0.3 is 0 Å². The summed E-state index contributed by atoms with van der Waals surface area (Å²) >= 11 is 2.79. The molecule has 1 saturated carbocycles. The molecule has 26 heavy (non-hydrogen) atoms. The van der Waals surface area contributed by atoms with Gasteiger partial charge in [0.15, 0.2) is 0 Å². The summed E-state index contributed by atoms with van der Waals surface area (Å²) in [6.07, 6.45) is 9.20. The van der Waals surface area contributed by atoms with E-state index >= 15 is 0 Å². The molecule has 0 radical (unpaired) electrons. The van der Waals surface area contributed by atoms with E-state index in [0.29, 0.717) is 24.0 Å². The zero-order valence-corrected chi connectivity index (χ0v) is 18.6. The number of hydrogen-bond donors (Lipinski definition) is 0. The lowest BCUT2D eigenvalue weighted by atomic mass is 9.70. The maximum atomic E-state index is 13.1. The Morgan fingerprint density at radius 1 is 1.27 bits per heavy atom. The molecule has 3 aliphatic carbocycles. The molecule has 0 N–H and O–H groups in total. The molecule has 0 unspecified atom stereocenters. The molecule has 3 aliphatic rings. The Bertz CT molecular complexity index is 690. The molecule has 144 valence electrons. The molecule has 0 aromatic carbocycles. The van der Waals surface area contributed by atoms with Gasteiger partial charge in [0.05, 0.1) is 0 Å². The second-order valence-corrected chi connectivity index (χ2v) is 11.6. The Balaban J connectivity index is 2.12. The van der Waals surface area contributed by atoms with Crippen molar-refractivity contribution in [2.75, 3.05) is 6.26 Å². The van der Waals surface area contributed by atoms with Crippen LogP contribution in [0.25, 0.3) is 0 Å². The van der Waals surface area contributed by atoms with Gasteiger partial charge in [-0.1, -0.05) is 74.0 Å². The molecule has 1 fully saturated rings. The number of allylic oxidation sites excluding steroid dienone is 3. The van der Waals surface area contributed by atoms with E-state index in [1.54, 1.807) is 0 Å². The van der Waals surface area contributed by atoms with Crippen molar-refractivity contribution in [1.82, 2.24) is 0 Å². The van der Waals surface area contributed by atoms with Gasteiger partial charge in [0.25, 0.3) is 0 Å². The summed E-state index contributed by atoms with van der Waals surface area (Å²) in [6.45, 7) is 11.2. The monoisotopic (exact) mass is 392 g/mol. The number of fused-ring (bicyclic) bond motifs is 2. The van der Waals surface area contributed by atoms with Crippen molar-refractivity contribution in [1.29, 1.82) is 0 Å². The Hall–Kier alpha value is -0.480. The van der Waals surface area contributed by atoms with Crippen LogP contribution in [-0.4, -0.2) is 21.2 Å². The van der Waals surface area contributed by atoms with E-state index in [0.717, 1.165) is 25.7 Å². The molecule has 2 nitrogen and oxygen atoms in total. The predicted octanol–water partition coefficient (Wildman–Crippen LogP) is 6.66. The number of thioether (sulfide) groups is 2. The first-order chi connectivity index (χ1) is 12.1. The fraction of sp³-hybridized carbons (Fsp3) is 0.727. The summed E-state index contributed by atoms with van der Waals surface area (Å²) in [5.74, 6) is 1.26. The first-order valence-electron chi connectivity index (χ1n) is 9.86. The quantitative estimate of drug-likeness (QED) is 0.492. The lowest BCUT2D eigenvalue weighted by molar-refractivity contribution is -0.123. The van der Waals surface area contributed by atoms with E-state index in [9.17, 15) is 9.59 Å². The molecule has 3 rings (SSSR count). The van der Waals surface area contributed by atoms with Gasteiger partial charge in [-0.15, -0.1) is 0 Å². The Kier molecular flexibility index (Phi) is 5.58. The van der Waals surface area contributed by atoms with E-state index in [-0.39, 0.29) is 20.5 Å². The van der Waals surface area contributed by atoms with E-state index < -0.39 is 0 Å². The van der Waals surface area contributed by atoms with Gasteiger partial charge in [-0.3, -0.25) is 9.59 Å². The molecular weight excluding hydrogens is 360 g/mol. The average molecular weight is 393 g/mol. The predicted molar refractivity (Wildman–Crippen MR) is 114 cm³/mol. The minimum atomic E-state index is -0.161. The normalized spacial score (nSPS) is 39.3. The fourth-order valence-corrected chi connectivity index (χ4v) is 7.12. The van der Waals surface area contributed by atoms with Crippen LogP contribution < -0.4 is 0 Å². The van der Waals surface area contributed by atoms with Crippen molar-refractivity contribution in [3.05, 3.63) is 22.8 Å². The first-order valence-corrected chi connectivity index (χ1v) is 11.9. The van der Waals surface area contributed by atoms with Crippen LogP contribution in [0, 0.1) is 23.2 Å². The van der Waals surface area contributed by atoms with Gasteiger partial charge in [0.2, 0.25) is 4.45 Å². The number of carbonyl (C=O) groups excluding carboxylic acids is 2. The van der Waals surface area contributed by atoms with Crippen LogP contribution >= 0.6 is 23.5 Å². The zero-order chi connectivity index (χ0) is 19.3. The molecule has 4 atom stereocenters. The number of Topliss-reactive ketones (excluding diaryl/α,β-unsaturated/α-hetero) is 1. The third kappa shape index (κ3) is 3.37. The topological polar surface area (TPSA) is 34.1 Å². The summed E-state index contributed by atoms with van der Waals surface area (Å²) in [6, 6.07) is 0. The van der Waals surface area contributed by atoms with Crippen LogP contribution in [0.15, 0.2) is 22.8 Å². The molecule has 0 saturated heterocycles. The second kappa shape index (κ2) is 7.16. The summed E-state index contributed by atoms with van der Waals surface area (Å²) < 4.78 is 0.0241. The van der Waals surface area contributed by atoms with Crippen molar-refractivity contribution in [3.8, 4) is 0 Å². The number of ketones is 1. The minimum absolute atomic E-state index is 0.0163. The number of hydrogen-bond acceptors (Lipinski definition) is 4. The SMILES string of the molecule is CSC(=O)S[C@]1(C)CC[C@@H]2/C1=C\[C@@]1(C)CCC(C(C)C)=C1CC(=O)[C@@H]2C. The van der Waals surface area contributed by atoms with Crippen LogP contribution in [0.2, 0.25) is 0 Å². The highest BCUT2D eigenvalue weighted by Gasteiger charge is 2.49. The molecular formula is C22H32O2S2. The highest BCUT2D eigenvalue weighted by Crippen LogP contribution is 2.58. The van der Waals surface area contributed by atoms with E-state index in [1.165, 1.54) is 40.2 Å². The largest absolute Gasteiger partial charge is 0.299 e. The van der Waals surface area contributed by atoms with Crippen molar-refractivity contribution in [2.24, 2.45) is 23.2 Å². The molecule has 0 bridgehead atoms. The lowest BCUT2D eigenvalue weighted by Gasteiger charge is -2.36. The summed E-state index contributed by atoms with van der Waals surface area (Å²) in [7, 11) is 0. The van der Waals surface area contributed by atoms with Crippen LogP contribution in [0.1, 0.15) is 66.7 Å². The maximum absolute atomic E-state index is 13.1. The smallest absolute Gasteiger partial charge is 0.246 e. The minimum Gasteiger partial charge on any atom is -0.299 e. The molecule has 0 amide bonds. The van der Waals surface area contributed by atoms with Gasteiger partial charge >= 0.3 is 0 Å². The van der Waals surface area contributed by atoms with Crippen LogP contribution in [-0.2, 0) is 4.79 Å². The number of rotatable bonds is 2. The standard InChI is InChI=1S/C22H32O2S2/c1-13(2)15-7-9-21(4)12-18-16(14(3)19(23)11-17(15)21)8-10-22(18,5)26-20(24)25-6/h12-14,16H,7-11H2,1-6H3/b18-12+/t14-,16+,21-,22-/m1/s1. The fourth-order valence-electron chi connectivity index (χ4n) is 5.32. The van der Waals surface area contributed by atoms with Crippen molar-refractivity contribution in [3.63, 3.8) is 0 Å². The average Bonchev–Trinajstić information content (AvgIpc) is 3.04. The Labute approximate surface area is 167 Å². The molecule has 4 heteroatoms. The Morgan fingerprint density at radius 2 is 1.96 bits per heavy atom. The molecule has 0 heterocycles. The van der Waals surface area contributed by atoms with Crippen molar-refractivity contribution in [2.45, 2.75) is 71.5 Å². The summed E-state index contributed by atoms with van der Waals surface area (Å²) in [5, 5.41) is 0. The Morgan fingerprint density at radius 3 is 2.58 bits per heavy atom. The molecule has 0 aliphatic heterocycles. The molecule has 0 spiro atoms. The van der Waals surface area contributed by atoms with Gasteiger partial charge in [-0.25, -0.2) is 0 Å².